The number of esters is 1. The van der Waals surface area contributed by atoms with Crippen LogP contribution in [0.1, 0.15) is 56.3 Å². The van der Waals surface area contributed by atoms with Crippen molar-refractivity contribution in [2.75, 3.05) is 6.61 Å². The quantitative estimate of drug-likeness (QED) is 0.756. The van der Waals surface area contributed by atoms with Gasteiger partial charge in [-0.25, -0.2) is 4.79 Å². The van der Waals surface area contributed by atoms with E-state index in [0.29, 0.717) is 18.3 Å². The lowest BCUT2D eigenvalue weighted by atomic mass is 9.85. The standard InChI is InChI=1S/C17H24O3/c1-3-13-6-5-7-16(12-13)20-15-10-8-14(9-11-15)17(18)19-4-2/h8-11,13,16H,3-7,12H2,1-2H3. The van der Waals surface area contributed by atoms with E-state index < -0.39 is 0 Å². The Morgan fingerprint density at radius 2 is 1.95 bits per heavy atom. The molecule has 0 saturated heterocycles. The number of hydrogen-bond acceptors (Lipinski definition) is 3. The predicted octanol–water partition coefficient (Wildman–Crippen LogP) is 4.21. The molecular formula is C17H24O3. The molecule has 1 aliphatic rings. The van der Waals surface area contributed by atoms with E-state index in [-0.39, 0.29) is 5.97 Å². The molecule has 1 fully saturated rings. The van der Waals surface area contributed by atoms with E-state index in [2.05, 4.69) is 6.92 Å². The lowest BCUT2D eigenvalue weighted by Gasteiger charge is -2.29. The smallest absolute Gasteiger partial charge is 0.338 e. The molecule has 2 atom stereocenters. The van der Waals surface area contributed by atoms with Crippen molar-refractivity contribution < 1.29 is 14.3 Å². The molecule has 2 unspecified atom stereocenters. The molecule has 20 heavy (non-hydrogen) atoms. The molecule has 3 heteroatoms. The Morgan fingerprint density at radius 3 is 2.60 bits per heavy atom. The third kappa shape index (κ3) is 3.99. The molecule has 0 heterocycles. The summed E-state index contributed by atoms with van der Waals surface area (Å²) in [5, 5.41) is 0. The predicted molar refractivity (Wildman–Crippen MR) is 79.1 cm³/mol. The molecule has 1 saturated carbocycles. The van der Waals surface area contributed by atoms with Crippen LogP contribution in [0, 0.1) is 5.92 Å². The van der Waals surface area contributed by atoms with Crippen LogP contribution in [0.5, 0.6) is 5.75 Å². The van der Waals surface area contributed by atoms with Crippen LogP contribution in [0.4, 0.5) is 0 Å². The Balaban J connectivity index is 1.91. The molecule has 3 nitrogen and oxygen atoms in total. The molecule has 0 radical (unpaired) electrons. The van der Waals surface area contributed by atoms with Gasteiger partial charge in [-0.3, -0.25) is 0 Å². The first-order valence-corrected chi connectivity index (χ1v) is 7.66. The summed E-state index contributed by atoms with van der Waals surface area (Å²) in [5.41, 5.74) is 0.578. The average Bonchev–Trinajstić information content (AvgIpc) is 2.48. The normalized spacial score (nSPS) is 22.3. The van der Waals surface area contributed by atoms with Gasteiger partial charge in [0.25, 0.3) is 0 Å². The van der Waals surface area contributed by atoms with E-state index in [9.17, 15) is 4.79 Å². The number of rotatable bonds is 5. The summed E-state index contributed by atoms with van der Waals surface area (Å²) < 4.78 is 11.0. The van der Waals surface area contributed by atoms with Crippen LogP contribution in [0.15, 0.2) is 24.3 Å². The molecule has 1 aromatic rings. The summed E-state index contributed by atoms with van der Waals surface area (Å²) in [4.78, 5) is 11.6. The van der Waals surface area contributed by atoms with Gasteiger partial charge in [0.05, 0.1) is 18.3 Å². The summed E-state index contributed by atoms with van der Waals surface area (Å²) in [5.74, 6) is 1.37. The van der Waals surface area contributed by atoms with Crippen molar-refractivity contribution in [3.05, 3.63) is 29.8 Å². The van der Waals surface area contributed by atoms with Crippen LogP contribution in [0.25, 0.3) is 0 Å². The van der Waals surface area contributed by atoms with Crippen LogP contribution in [0.3, 0.4) is 0 Å². The van der Waals surface area contributed by atoms with Gasteiger partial charge in [0.2, 0.25) is 0 Å². The van der Waals surface area contributed by atoms with Gasteiger partial charge in [-0.15, -0.1) is 0 Å². The number of benzene rings is 1. The highest BCUT2D eigenvalue weighted by molar-refractivity contribution is 5.89. The van der Waals surface area contributed by atoms with Crippen molar-refractivity contribution in [2.45, 2.75) is 52.1 Å². The molecular weight excluding hydrogens is 252 g/mol. The van der Waals surface area contributed by atoms with Crippen molar-refractivity contribution in [3.8, 4) is 5.75 Å². The monoisotopic (exact) mass is 276 g/mol. The van der Waals surface area contributed by atoms with Crippen LogP contribution < -0.4 is 4.74 Å². The molecule has 0 spiro atoms. The Labute approximate surface area is 121 Å². The first-order valence-electron chi connectivity index (χ1n) is 7.66. The minimum atomic E-state index is -0.275. The molecule has 0 aromatic heterocycles. The summed E-state index contributed by atoms with van der Waals surface area (Å²) in [6, 6.07) is 7.27. The van der Waals surface area contributed by atoms with Crippen molar-refractivity contribution >= 4 is 5.97 Å². The zero-order valence-electron chi connectivity index (χ0n) is 12.4. The molecule has 0 amide bonds. The highest BCUT2D eigenvalue weighted by Crippen LogP contribution is 2.29. The van der Waals surface area contributed by atoms with E-state index in [0.717, 1.165) is 24.5 Å². The van der Waals surface area contributed by atoms with Gasteiger partial charge in [-0.1, -0.05) is 19.8 Å². The Morgan fingerprint density at radius 1 is 1.20 bits per heavy atom. The Kier molecular flexibility index (Phi) is 5.45. The summed E-state index contributed by atoms with van der Waals surface area (Å²) in [7, 11) is 0. The van der Waals surface area contributed by atoms with E-state index in [1.165, 1.54) is 19.3 Å². The topological polar surface area (TPSA) is 35.5 Å². The minimum absolute atomic E-state index is 0.275. The van der Waals surface area contributed by atoms with Crippen LogP contribution >= 0.6 is 0 Å². The zero-order chi connectivity index (χ0) is 14.4. The van der Waals surface area contributed by atoms with E-state index in [4.69, 9.17) is 9.47 Å². The molecule has 0 aliphatic heterocycles. The van der Waals surface area contributed by atoms with Gasteiger partial charge >= 0.3 is 5.97 Å². The summed E-state index contributed by atoms with van der Waals surface area (Å²) in [6.07, 6.45) is 6.43. The molecule has 1 aromatic carbocycles. The summed E-state index contributed by atoms with van der Waals surface area (Å²) in [6.45, 7) is 4.46. The Bertz CT molecular complexity index is 424. The zero-order valence-corrected chi connectivity index (χ0v) is 12.4. The average molecular weight is 276 g/mol. The number of ether oxygens (including phenoxy) is 2. The van der Waals surface area contributed by atoms with Crippen LogP contribution in [0.2, 0.25) is 0 Å². The second-order valence-corrected chi connectivity index (χ2v) is 5.43. The maximum atomic E-state index is 11.6. The van der Waals surface area contributed by atoms with Crippen LogP contribution in [-0.4, -0.2) is 18.7 Å². The summed E-state index contributed by atoms with van der Waals surface area (Å²) >= 11 is 0. The van der Waals surface area contributed by atoms with Gasteiger partial charge in [0.15, 0.2) is 0 Å². The Hall–Kier alpha value is -1.51. The largest absolute Gasteiger partial charge is 0.490 e. The second-order valence-electron chi connectivity index (χ2n) is 5.43. The van der Waals surface area contributed by atoms with E-state index >= 15 is 0 Å². The number of carbonyl (C=O) groups excluding carboxylic acids is 1. The van der Waals surface area contributed by atoms with Gasteiger partial charge in [0.1, 0.15) is 5.75 Å². The highest BCUT2D eigenvalue weighted by atomic mass is 16.5. The van der Waals surface area contributed by atoms with Crippen molar-refractivity contribution in [1.29, 1.82) is 0 Å². The van der Waals surface area contributed by atoms with Crippen molar-refractivity contribution in [3.63, 3.8) is 0 Å². The lowest BCUT2D eigenvalue weighted by Crippen LogP contribution is -2.25. The molecule has 110 valence electrons. The number of hydrogen-bond donors (Lipinski definition) is 0. The third-order valence-corrected chi connectivity index (χ3v) is 3.98. The first-order chi connectivity index (χ1) is 9.72. The molecule has 0 bridgehead atoms. The van der Waals surface area contributed by atoms with Gasteiger partial charge in [-0.05, 0) is 56.4 Å². The molecule has 2 rings (SSSR count). The van der Waals surface area contributed by atoms with E-state index in [1.807, 2.05) is 19.1 Å². The molecule has 1 aliphatic carbocycles. The maximum Gasteiger partial charge on any atom is 0.338 e. The van der Waals surface area contributed by atoms with Crippen molar-refractivity contribution in [1.82, 2.24) is 0 Å². The van der Waals surface area contributed by atoms with Crippen molar-refractivity contribution in [2.24, 2.45) is 5.92 Å². The third-order valence-electron chi connectivity index (χ3n) is 3.98. The van der Waals surface area contributed by atoms with Crippen LogP contribution in [-0.2, 0) is 4.74 Å². The fourth-order valence-electron chi connectivity index (χ4n) is 2.80. The highest BCUT2D eigenvalue weighted by Gasteiger charge is 2.22. The van der Waals surface area contributed by atoms with E-state index in [1.54, 1.807) is 12.1 Å². The fourth-order valence-corrected chi connectivity index (χ4v) is 2.80. The molecule has 0 N–H and O–H groups in total. The van der Waals surface area contributed by atoms with Gasteiger partial charge in [0, 0.05) is 0 Å². The minimum Gasteiger partial charge on any atom is -0.490 e. The fraction of sp³-hybridized carbons (Fsp3) is 0.588. The maximum absolute atomic E-state index is 11.6. The first kappa shape index (κ1) is 14.9. The number of carbonyl (C=O) groups is 1. The SMILES string of the molecule is CCOC(=O)c1ccc(OC2CCCC(CC)C2)cc1. The second kappa shape index (κ2) is 7.32. The lowest BCUT2D eigenvalue weighted by molar-refractivity contribution is 0.0526. The van der Waals surface area contributed by atoms with Gasteiger partial charge < -0.3 is 9.47 Å². The van der Waals surface area contributed by atoms with Gasteiger partial charge in [-0.2, -0.15) is 0 Å².